The molecular weight excluding hydrogens is 258 g/mol. The third kappa shape index (κ3) is 2.92. The molecule has 0 aliphatic heterocycles. The van der Waals surface area contributed by atoms with Crippen LogP contribution in [0.2, 0.25) is 0 Å². The Balaban J connectivity index is 2.34. The Morgan fingerprint density at radius 2 is 2.26 bits per heavy atom. The number of aromatic nitrogens is 2. The van der Waals surface area contributed by atoms with Crippen LogP contribution in [0.1, 0.15) is 31.7 Å². The number of imidazole rings is 1. The van der Waals surface area contributed by atoms with Crippen molar-refractivity contribution in [2.24, 2.45) is 7.05 Å². The van der Waals surface area contributed by atoms with Gasteiger partial charge in [-0.1, -0.05) is 19.9 Å². The molecule has 2 rings (SSSR count). The van der Waals surface area contributed by atoms with Crippen molar-refractivity contribution >= 4 is 24.6 Å². The van der Waals surface area contributed by atoms with Crippen LogP contribution in [0.3, 0.4) is 0 Å². The smallest absolute Gasteiger partial charge is 0.225 e. The Kier molecular flexibility index (Phi) is 3.85. The van der Waals surface area contributed by atoms with Gasteiger partial charge in [0.2, 0.25) is 5.91 Å². The number of rotatable bonds is 3. The van der Waals surface area contributed by atoms with E-state index in [4.69, 9.17) is 0 Å². The molecule has 0 fully saturated rings. The first-order valence-corrected chi connectivity index (χ1v) is 6.91. The largest absolute Gasteiger partial charge is 0.336 e. The molecule has 0 unspecified atom stereocenters. The molecule has 1 aliphatic rings. The summed E-state index contributed by atoms with van der Waals surface area (Å²) < 4.78 is 2.02. The van der Waals surface area contributed by atoms with Gasteiger partial charge >= 0.3 is 0 Å². The highest BCUT2D eigenvalue weighted by Crippen LogP contribution is 2.31. The van der Waals surface area contributed by atoms with Crippen LogP contribution in [-0.2, 0) is 17.3 Å². The summed E-state index contributed by atoms with van der Waals surface area (Å²) in [4.78, 5) is 16.0. The predicted octanol–water partition coefficient (Wildman–Crippen LogP) is 2.04. The number of allylic oxidation sites excluding steroid dienone is 2. The lowest BCUT2D eigenvalue weighted by Crippen LogP contribution is -2.21. The molecule has 0 spiro atoms. The van der Waals surface area contributed by atoms with E-state index in [1.165, 1.54) is 0 Å². The van der Waals surface area contributed by atoms with Gasteiger partial charge in [0.05, 0.1) is 17.7 Å². The zero-order chi connectivity index (χ0) is 14.0. The molecule has 0 atom stereocenters. The van der Waals surface area contributed by atoms with E-state index < -0.39 is 0 Å². The number of nitrogens with one attached hydrogen (secondary N) is 1. The molecule has 0 bridgehead atoms. The summed E-state index contributed by atoms with van der Waals surface area (Å²) in [7, 11) is 1.99. The molecule has 1 N–H and O–H groups in total. The standard InChI is InChI=1S/C14H19N3OS/c1-14(2)6-4-10(16-12(18)5-7-19)8-11-13(14)17(3)9-15-11/h4,6,8-9,19H,5,7H2,1-3H3,(H,16,18). The first kappa shape index (κ1) is 13.9. The number of fused-ring (bicyclic) bond motifs is 1. The van der Waals surface area contributed by atoms with E-state index in [-0.39, 0.29) is 11.3 Å². The van der Waals surface area contributed by atoms with Gasteiger partial charge < -0.3 is 9.88 Å². The topological polar surface area (TPSA) is 46.9 Å². The van der Waals surface area contributed by atoms with Crippen molar-refractivity contribution in [3.8, 4) is 0 Å². The predicted molar refractivity (Wildman–Crippen MR) is 80.0 cm³/mol. The number of carbonyl (C=O) groups is 1. The fraction of sp³-hybridized carbons (Fsp3) is 0.429. The molecule has 1 aromatic rings. The summed E-state index contributed by atoms with van der Waals surface area (Å²) in [5.41, 5.74) is 2.70. The summed E-state index contributed by atoms with van der Waals surface area (Å²) in [6, 6.07) is 0. The van der Waals surface area contributed by atoms with E-state index >= 15 is 0 Å². The number of carbonyl (C=O) groups excluding carboxylic acids is 1. The van der Waals surface area contributed by atoms with Gasteiger partial charge in [-0.3, -0.25) is 4.79 Å². The van der Waals surface area contributed by atoms with Crippen molar-refractivity contribution in [3.63, 3.8) is 0 Å². The SMILES string of the molecule is Cn1cnc2c1C(C)(C)C=CC(NC(=O)CCS)=C2. The molecule has 0 saturated heterocycles. The number of hydrogen-bond donors (Lipinski definition) is 2. The summed E-state index contributed by atoms with van der Waals surface area (Å²) >= 11 is 4.06. The van der Waals surface area contributed by atoms with E-state index in [1.807, 2.05) is 23.8 Å². The van der Waals surface area contributed by atoms with Crippen molar-refractivity contribution in [2.75, 3.05) is 5.75 Å². The van der Waals surface area contributed by atoms with Gasteiger partial charge in [0, 0.05) is 24.6 Å². The summed E-state index contributed by atoms with van der Waals surface area (Å²) in [6.45, 7) is 4.27. The molecule has 102 valence electrons. The number of hydrogen-bond acceptors (Lipinski definition) is 3. The minimum Gasteiger partial charge on any atom is -0.336 e. The first-order chi connectivity index (χ1) is 8.94. The van der Waals surface area contributed by atoms with Crippen LogP contribution < -0.4 is 5.32 Å². The van der Waals surface area contributed by atoms with Gasteiger partial charge in [-0.15, -0.1) is 0 Å². The van der Waals surface area contributed by atoms with E-state index in [0.29, 0.717) is 12.2 Å². The second-order valence-corrected chi connectivity index (χ2v) is 5.71. The minimum atomic E-state index is -0.118. The van der Waals surface area contributed by atoms with Crippen molar-refractivity contribution in [3.05, 3.63) is 35.6 Å². The third-order valence-electron chi connectivity index (χ3n) is 3.17. The van der Waals surface area contributed by atoms with Crippen LogP contribution in [0.4, 0.5) is 0 Å². The quantitative estimate of drug-likeness (QED) is 0.831. The van der Waals surface area contributed by atoms with Gasteiger partial charge in [0.25, 0.3) is 0 Å². The highest BCUT2D eigenvalue weighted by molar-refractivity contribution is 7.80. The highest BCUT2D eigenvalue weighted by Gasteiger charge is 2.26. The average molecular weight is 277 g/mol. The normalized spacial score (nSPS) is 16.5. The van der Waals surface area contributed by atoms with Crippen LogP contribution >= 0.6 is 12.6 Å². The monoisotopic (exact) mass is 277 g/mol. The van der Waals surface area contributed by atoms with Crippen LogP contribution in [-0.4, -0.2) is 21.2 Å². The Morgan fingerprint density at radius 1 is 1.53 bits per heavy atom. The molecule has 0 aromatic carbocycles. The summed E-state index contributed by atoms with van der Waals surface area (Å²) in [5, 5.41) is 2.88. The Labute approximate surface area is 119 Å². The van der Waals surface area contributed by atoms with Crippen LogP contribution in [0, 0.1) is 0 Å². The van der Waals surface area contributed by atoms with Gasteiger partial charge in [-0.25, -0.2) is 4.98 Å². The Bertz CT molecular complexity index is 555. The van der Waals surface area contributed by atoms with E-state index in [1.54, 1.807) is 6.33 Å². The summed E-state index contributed by atoms with van der Waals surface area (Å²) in [5.74, 6) is 0.520. The fourth-order valence-corrected chi connectivity index (χ4v) is 2.52. The molecule has 1 heterocycles. The lowest BCUT2D eigenvalue weighted by molar-refractivity contribution is -0.119. The lowest BCUT2D eigenvalue weighted by Gasteiger charge is -2.21. The van der Waals surface area contributed by atoms with E-state index in [2.05, 4.69) is 42.9 Å². The molecule has 1 amide bonds. The summed E-state index contributed by atoms with van der Waals surface area (Å²) in [6.07, 6.45) is 8.16. The third-order valence-corrected chi connectivity index (χ3v) is 3.39. The van der Waals surface area contributed by atoms with Crippen molar-refractivity contribution in [2.45, 2.75) is 25.7 Å². The molecule has 5 heteroatoms. The second-order valence-electron chi connectivity index (χ2n) is 5.27. The van der Waals surface area contributed by atoms with E-state index in [9.17, 15) is 4.79 Å². The maximum Gasteiger partial charge on any atom is 0.225 e. The van der Waals surface area contributed by atoms with Crippen LogP contribution in [0.5, 0.6) is 0 Å². The van der Waals surface area contributed by atoms with Crippen LogP contribution in [0.15, 0.2) is 24.2 Å². The van der Waals surface area contributed by atoms with Gasteiger partial charge in [-0.2, -0.15) is 12.6 Å². The van der Waals surface area contributed by atoms with Gasteiger partial charge in [-0.05, 0) is 17.9 Å². The van der Waals surface area contributed by atoms with Gasteiger partial charge in [0.1, 0.15) is 0 Å². The average Bonchev–Trinajstić information content (AvgIpc) is 2.62. The maximum atomic E-state index is 11.6. The first-order valence-electron chi connectivity index (χ1n) is 6.27. The minimum absolute atomic E-state index is 0.0249. The highest BCUT2D eigenvalue weighted by atomic mass is 32.1. The lowest BCUT2D eigenvalue weighted by atomic mass is 9.88. The Hall–Kier alpha value is -1.49. The van der Waals surface area contributed by atoms with Crippen molar-refractivity contribution in [1.29, 1.82) is 0 Å². The van der Waals surface area contributed by atoms with Crippen LogP contribution in [0.25, 0.3) is 6.08 Å². The number of thiol groups is 1. The number of nitrogens with zero attached hydrogens (tertiary/aromatic N) is 2. The maximum absolute atomic E-state index is 11.6. The molecule has 19 heavy (non-hydrogen) atoms. The zero-order valence-electron chi connectivity index (χ0n) is 11.5. The molecule has 1 aromatic heterocycles. The van der Waals surface area contributed by atoms with E-state index in [0.717, 1.165) is 17.1 Å². The molecule has 0 radical (unpaired) electrons. The second kappa shape index (κ2) is 5.25. The molecular formula is C14H19N3OS. The number of aryl methyl sites for hydroxylation is 1. The fourth-order valence-electron chi connectivity index (χ4n) is 2.31. The molecule has 4 nitrogen and oxygen atoms in total. The zero-order valence-corrected chi connectivity index (χ0v) is 12.4. The van der Waals surface area contributed by atoms with Crippen molar-refractivity contribution in [1.82, 2.24) is 14.9 Å². The van der Waals surface area contributed by atoms with Gasteiger partial charge in [0.15, 0.2) is 0 Å². The van der Waals surface area contributed by atoms with Crippen molar-refractivity contribution < 1.29 is 4.79 Å². The Morgan fingerprint density at radius 3 is 2.95 bits per heavy atom. The molecule has 0 saturated carbocycles. The number of amides is 1. The molecule has 1 aliphatic carbocycles.